The van der Waals surface area contributed by atoms with Crippen molar-refractivity contribution in [3.63, 3.8) is 0 Å². The number of hydrogen-bond donors (Lipinski definition) is 0. The molecular weight excluding hydrogens is 248 g/mol. The minimum Gasteiger partial charge on any atom is -0.478 e. The van der Waals surface area contributed by atoms with Gasteiger partial charge >= 0.3 is 6.01 Å². The summed E-state index contributed by atoms with van der Waals surface area (Å²) in [6, 6.07) is 5.87. The van der Waals surface area contributed by atoms with Crippen molar-refractivity contribution in [2.24, 2.45) is 0 Å². The first-order chi connectivity index (χ1) is 8.88. The SMILES string of the molecule is CCCCCOc1ccnc(Oc2cccs2)n1. The van der Waals surface area contributed by atoms with Crippen LogP contribution in [0.3, 0.4) is 0 Å². The molecule has 0 N–H and O–H groups in total. The van der Waals surface area contributed by atoms with Crippen LogP contribution in [-0.4, -0.2) is 16.6 Å². The zero-order valence-electron chi connectivity index (χ0n) is 10.3. The molecule has 96 valence electrons. The fourth-order valence-electron chi connectivity index (χ4n) is 1.40. The van der Waals surface area contributed by atoms with E-state index in [0.29, 0.717) is 18.5 Å². The highest BCUT2D eigenvalue weighted by Gasteiger charge is 2.03. The van der Waals surface area contributed by atoms with Gasteiger partial charge in [0, 0.05) is 12.3 Å². The molecule has 0 amide bonds. The summed E-state index contributed by atoms with van der Waals surface area (Å²) in [5.74, 6) is 0.563. The molecule has 2 aromatic heterocycles. The summed E-state index contributed by atoms with van der Waals surface area (Å²) >= 11 is 1.51. The molecule has 2 rings (SSSR count). The predicted octanol–water partition coefficient (Wildman–Crippen LogP) is 3.90. The van der Waals surface area contributed by atoms with Crippen molar-refractivity contribution in [1.82, 2.24) is 9.97 Å². The molecule has 0 aliphatic rings. The van der Waals surface area contributed by atoms with Crippen LogP contribution in [0.4, 0.5) is 0 Å². The highest BCUT2D eigenvalue weighted by atomic mass is 32.1. The maximum atomic E-state index is 5.54. The van der Waals surface area contributed by atoms with E-state index in [2.05, 4.69) is 16.9 Å². The van der Waals surface area contributed by atoms with Crippen molar-refractivity contribution in [3.05, 3.63) is 29.8 Å². The first-order valence-corrected chi connectivity index (χ1v) is 6.93. The molecule has 0 aromatic carbocycles. The van der Waals surface area contributed by atoms with Gasteiger partial charge in [0.2, 0.25) is 5.88 Å². The standard InChI is InChI=1S/C13H16N2O2S/c1-2-3-4-9-16-11-7-8-14-13(15-11)17-12-6-5-10-18-12/h5-8,10H,2-4,9H2,1H3. The van der Waals surface area contributed by atoms with E-state index in [1.807, 2.05) is 17.5 Å². The maximum Gasteiger partial charge on any atom is 0.326 e. The predicted molar refractivity (Wildman–Crippen MR) is 71.4 cm³/mol. The van der Waals surface area contributed by atoms with Crippen LogP contribution in [0.1, 0.15) is 26.2 Å². The molecule has 0 aliphatic heterocycles. The highest BCUT2D eigenvalue weighted by Crippen LogP contribution is 2.24. The summed E-state index contributed by atoms with van der Waals surface area (Å²) in [6.07, 6.45) is 5.04. The second-order valence-electron chi connectivity index (χ2n) is 3.77. The van der Waals surface area contributed by atoms with E-state index >= 15 is 0 Å². The van der Waals surface area contributed by atoms with E-state index in [0.717, 1.165) is 11.5 Å². The lowest BCUT2D eigenvalue weighted by Gasteiger charge is -2.05. The fourth-order valence-corrected chi connectivity index (χ4v) is 1.97. The van der Waals surface area contributed by atoms with Crippen molar-refractivity contribution in [1.29, 1.82) is 0 Å². The van der Waals surface area contributed by atoms with Gasteiger partial charge in [-0.05, 0) is 23.9 Å². The Labute approximate surface area is 111 Å². The normalized spacial score (nSPS) is 10.3. The van der Waals surface area contributed by atoms with Crippen LogP contribution < -0.4 is 9.47 Å². The van der Waals surface area contributed by atoms with E-state index in [1.165, 1.54) is 24.2 Å². The molecule has 5 heteroatoms. The van der Waals surface area contributed by atoms with Gasteiger partial charge in [-0.3, -0.25) is 0 Å². The van der Waals surface area contributed by atoms with Crippen LogP contribution in [-0.2, 0) is 0 Å². The molecule has 4 nitrogen and oxygen atoms in total. The van der Waals surface area contributed by atoms with Crippen molar-refractivity contribution < 1.29 is 9.47 Å². The molecular formula is C13H16N2O2S. The first kappa shape index (κ1) is 12.8. The molecule has 0 saturated heterocycles. The fraction of sp³-hybridized carbons (Fsp3) is 0.385. The summed E-state index contributed by atoms with van der Waals surface area (Å²) in [4.78, 5) is 8.25. The van der Waals surface area contributed by atoms with E-state index < -0.39 is 0 Å². The third kappa shape index (κ3) is 4.00. The lowest BCUT2D eigenvalue weighted by atomic mass is 10.3. The lowest BCUT2D eigenvalue weighted by Crippen LogP contribution is -2.00. The van der Waals surface area contributed by atoms with Gasteiger partial charge in [0.1, 0.15) is 0 Å². The number of aromatic nitrogens is 2. The van der Waals surface area contributed by atoms with Crippen LogP contribution in [0, 0.1) is 0 Å². The van der Waals surface area contributed by atoms with Crippen molar-refractivity contribution >= 4 is 11.3 Å². The van der Waals surface area contributed by atoms with Gasteiger partial charge in [-0.25, -0.2) is 4.98 Å². The Morgan fingerprint density at radius 2 is 2.22 bits per heavy atom. The molecule has 0 unspecified atom stereocenters. The van der Waals surface area contributed by atoms with Gasteiger partial charge in [-0.2, -0.15) is 4.98 Å². The van der Waals surface area contributed by atoms with Gasteiger partial charge in [-0.1, -0.05) is 19.8 Å². The zero-order valence-corrected chi connectivity index (χ0v) is 11.2. The van der Waals surface area contributed by atoms with E-state index in [-0.39, 0.29) is 0 Å². The van der Waals surface area contributed by atoms with Crippen LogP contribution >= 0.6 is 11.3 Å². The van der Waals surface area contributed by atoms with Crippen LogP contribution in [0.5, 0.6) is 17.0 Å². The third-order valence-corrected chi connectivity index (χ3v) is 3.04. The van der Waals surface area contributed by atoms with Crippen LogP contribution in [0.25, 0.3) is 0 Å². The molecule has 18 heavy (non-hydrogen) atoms. The van der Waals surface area contributed by atoms with Crippen molar-refractivity contribution in [2.45, 2.75) is 26.2 Å². The minimum absolute atomic E-state index is 0.324. The summed E-state index contributed by atoms with van der Waals surface area (Å²) in [5, 5.41) is 2.72. The number of hydrogen-bond acceptors (Lipinski definition) is 5. The quantitative estimate of drug-likeness (QED) is 0.711. The Morgan fingerprint density at radius 3 is 3.00 bits per heavy atom. The Bertz CT molecular complexity index is 460. The number of nitrogens with zero attached hydrogens (tertiary/aromatic N) is 2. The molecule has 0 radical (unpaired) electrons. The van der Waals surface area contributed by atoms with Crippen LogP contribution in [0.15, 0.2) is 29.8 Å². The maximum absolute atomic E-state index is 5.54. The smallest absolute Gasteiger partial charge is 0.326 e. The Hall–Kier alpha value is -1.62. The molecule has 0 saturated carbocycles. The number of unbranched alkanes of at least 4 members (excludes halogenated alkanes) is 2. The highest BCUT2D eigenvalue weighted by molar-refractivity contribution is 7.11. The van der Waals surface area contributed by atoms with Gasteiger partial charge in [0.15, 0.2) is 5.06 Å². The van der Waals surface area contributed by atoms with E-state index in [1.54, 1.807) is 12.3 Å². The Balaban J connectivity index is 1.88. The average molecular weight is 264 g/mol. The molecule has 0 aliphatic carbocycles. The second kappa shape index (κ2) is 6.96. The lowest BCUT2D eigenvalue weighted by molar-refractivity contribution is 0.289. The molecule has 2 aromatic rings. The molecule has 0 spiro atoms. The summed E-state index contributed by atoms with van der Waals surface area (Å²) in [5.41, 5.74) is 0. The summed E-state index contributed by atoms with van der Waals surface area (Å²) in [7, 11) is 0. The number of ether oxygens (including phenoxy) is 2. The first-order valence-electron chi connectivity index (χ1n) is 6.05. The van der Waals surface area contributed by atoms with E-state index in [4.69, 9.17) is 9.47 Å². The monoisotopic (exact) mass is 264 g/mol. The van der Waals surface area contributed by atoms with Gasteiger partial charge in [-0.15, -0.1) is 11.3 Å². The Kier molecular flexibility index (Phi) is 4.96. The second-order valence-corrected chi connectivity index (χ2v) is 4.68. The average Bonchev–Trinajstić information content (AvgIpc) is 2.88. The number of rotatable bonds is 7. The minimum atomic E-state index is 0.324. The number of thiophene rings is 1. The summed E-state index contributed by atoms with van der Waals surface area (Å²) in [6.45, 7) is 2.85. The van der Waals surface area contributed by atoms with Gasteiger partial charge in [0.05, 0.1) is 6.61 Å². The van der Waals surface area contributed by atoms with E-state index in [9.17, 15) is 0 Å². The van der Waals surface area contributed by atoms with Gasteiger partial charge in [0.25, 0.3) is 0 Å². The van der Waals surface area contributed by atoms with Crippen molar-refractivity contribution in [3.8, 4) is 17.0 Å². The molecule has 0 atom stereocenters. The summed E-state index contributed by atoms with van der Waals surface area (Å²) < 4.78 is 11.0. The molecule has 0 fully saturated rings. The van der Waals surface area contributed by atoms with Crippen LogP contribution in [0.2, 0.25) is 0 Å². The largest absolute Gasteiger partial charge is 0.478 e. The Morgan fingerprint density at radius 1 is 1.28 bits per heavy atom. The molecule has 0 bridgehead atoms. The molecule has 2 heterocycles. The van der Waals surface area contributed by atoms with Gasteiger partial charge < -0.3 is 9.47 Å². The third-order valence-electron chi connectivity index (χ3n) is 2.29. The topological polar surface area (TPSA) is 44.2 Å². The van der Waals surface area contributed by atoms with Crippen molar-refractivity contribution in [2.75, 3.05) is 6.61 Å². The zero-order chi connectivity index (χ0) is 12.6.